The third kappa shape index (κ3) is 4.94. The average molecular weight is 243 g/mol. The van der Waals surface area contributed by atoms with Crippen LogP contribution >= 0.6 is 0 Å². The van der Waals surface area contributed by atoms with Crippen molar-refractivity contribution in [2.45, 2.75) is 78.4 Å². The van der Waals surface area contributed by atoms with Crippen molar-refractivity contribution in [3.8, 4) is 0 Å². The summed E-state index contributed by atoms with van der Waals surface area (Å²) in [5.74, 6) is 0. The van der Waals surface area contributed by atoms with Gasteiger partial charge in [0.15, 0.2) is 6.29 Å². The summed E-state index contributed by atoms with van der Waals surface area (Å²) in [5, 5.41) is 0. The fourth-order valence-corrected chi connectivity index (χ4v) is 2.72. The Hall–Kier alpha value is -0.120. The van der Waals surface area contributed by atoms with E-state index in [0.29, 0.717) is 6.61 Å². The van der Waals surface area contributed by atoms with E-state index in [0.717, 1.165) is 6.04 Å². The monoisotopic (exact) mass is 243 g/mol. The minimum absolute atomic E-state index is 0.0950. The van der Waals surface area contributed by atoms with Crippen molar-refractivity contribution >= 4 is 0 Å². The molecule has 0 radical (unpaired) electrons. The summed E-state index contributed by atoms with van der Waals surface area (Å²) in [7, 11) is 0. The molecule has 3 nitrogen and oxygen atoms in total. The standard InChI is InChI=1S/C14H29NO2/c1-5-7-9-14-10-8-11-15(14)12(3)17-13(4)16-6-2/h12-14H,5-11H2,1-4H3. The first-order valence-electron chi connectivity index (χ1n) is 7.21. The average Bonchev–Trinajstić information content (AvgIpc) is 2.74. The molecule has 1 aliphatic heterocycles. The molecular formula is C14H29NO2. The second kappa shape index (κ2) is 8.06. The number of ether oxygens (including phenoxy) is 2. The first-order valence-corrected chi connectivity index (χ1v) is 7.21. The highest BCUT2D eigenvalue weighted by Crippen LogP contribution is 2.25. The maximum absolute atomic E-state index is 5.89. The Kier molecular flexibility index (Phi) is 7.09. The van der Waals surface area contributed by atoms with E-state index >= 15 is 0 Å². The maximum atomic E-state index is 5.89. The summed E-state index contributed by atoms with van der Waals surface area (Å²) in [4.78, 5) is 2.51. The molecule has 17 heavy (non-hydrogen) atoms. The van der Waals surface area contributed by atoms with E-state index in [2.05, 4.69) is 18.7 Å². The molecule has 0 amide bonds. The van der Waals surface area contributed by atoms with Crippen LogP contribution < -0.4 is 0 Å². The first kappa shape index (κ1) is 14.9. The largest absolute Gasteiger partial charge is 0.353 e. The van der Waals surface area contributed by atoms with Gasteiger partial charge in [-0.3, -0.25) is 4.90 Å². The van der Waals surface area contributed by atoms with Gasteiger partial charge in [-0.2, -0.15) is 0 Å². The molecule has 1 rings (SSSR count). The number of nitrogens with zero attached hydrogens (tertiary/aromatic N) is 1. The summed E-state index contributed by atoms with van der Waals surface area (Å²) < 4.78 is 11.3. The van der Waals surface area contributed by atoms with E-state index in [1.54, 1.807) is 0 Å². The van der Waals surface area contributed by atoms with E-state index in [4.69, 9.17) is 9.47 Å². The number of likely N-dealkylation sites (tertiary alicyclic amines) is 1. The van der Waals surface area contributed by atoms with E-state index in [-0.39, 0.29) is 12.5 Å². The Balaban J connectivity index is 2.35. The van der Waals surface area contributed by atoms with E-state index in [1.807, 2.05) is 13.8 Å². The molecule has 102 valence electrons. The molecular weight excluding hydrogens is 214 g/mol. The van der Waals surface area contributed by atoms with Crippen LogP contribution in [0.25, 0.3) is 0 Å². The lowest BCUT2D eigenvalue weighted by molar-refractivity contribution is -0.192. The van der Waals surface area contributed by atoms with Crippen molar-refractivity contribution < 1.29 is 9.47 Å². The molecule has 0 saturated carbocycles. The van der Waals surface area contributed by atoms with Gasteiger partial charge in [0.05, 0.1) is 0 Å². The van der Waals surface area contributed by atoms with Gasteiger partial charge < -0.3 is 9.47 Å². The van der Waals surface area contributed by atoms with Crippen molar-refractivity contribution in [2.24, 2.45) is 0 Å². The summed E-state index contributed by atoms with van der Waals surface area (Å²) in [6.07, 6.45) is 6.65. The van der Waals surface area contributed by atoms with E-state index < -0.39 is 0 Å². The minimum Gasteiger partial charge on any atom is -0.353 e. The lowest BCUT2D eigenvalue weighted by atomic mass is 10.1. The van der Waals surface area contributed by atoms with Crippen LogP contribution in [0.4, 0.5) is 0 Å². The van der Waals surface area contributed by atoms with Gasteiger partial charge in [0.25, 0.3) is 0 Å². The third-order valence-corrected chi connectivity index (χ3v) is 3.57. The van der Waals surface area contributed by atoms with Gasteiger partial charge in [0.1, 0.15) is 6.23 Å². The molecule has 1 saturated heterocycles. The molecule has 3 heteroatoms. The Morgan fingerprint density at radius 3 is 2.71 bits per heavy atom. The topological polar surface area (TPSA) is 21.7 Å². The Morgan fingerprint density at radius 2 is 2.06 bits per heavy atom. The second-order valence-corrected chi connectivity index (χ2v) is 4.93. The van der Waals surface area contributed by atoms with Crippen LogP contribution in [0, 0.1) is 0 Å². The molecule has 1 aliphatic rings. The summed E-state index contributed by atoms with van der Waals surface area (Å²) in [6, 6.07) is 0.721. The van der Waals surface area contributed by atoms with Gasteiger partial charge in [-0.25, -0.2) is 0 Å². The van der Waals surface area contributed by atoms with Crippen LogP contribution in [0.1, 0.15) is 59.8 Å². The van der Waals surface area contributed by atoms with Crippen LogP contribution in [0.15, 0.2) is 0 Å². The number of rotatable bonds is 8. The van der Waals surface area contributed by atoms with Crippen molar-refractivity contribution in [1.82, 2.24) is 4.90 Å². The number of hydrogen-bond donors (Lipinski definition) is 0. The quantitative estimate of drug-likeness (QED) is 0.610. The van der Waals surface area contributed by atoms with Gasteiger partial charge in [-0.05, 0) is 40.0 Å². The molecule has 0 spiro atoms. The van der Waals surface area contributed by atoms with Crippen molar-refractivity contribution in [3.63, 3.8) is 0 Å². The lowest BCUT2D eigenvalue weighted by Gasteiger charge is -2.32. The SMILES string of the molecule is CCCCC1CCCN1C(C)OC(C)OCC. The molecule has 0 aromatic carbocycles. The predicted octanol–water partition coefficient (Wildman–Crippen LogP) is 3.39. The Bertz CT molecular complexity index is 199. The van der Waals surface area contributed by atoms with Crippen LogP contribution in [0.3, 0.4) is 0 Å². The minimum atomic E-state index is -0.0950. The maximum Gasteiger partial charge on any atom is 0.156 e. The Labute approximate surface area is 106 Å². The fraction of sp³-hybridized carbons (Fsp3) is 1.00. The molecule has 0 aromatic heterocycles. The van der Waals surface area contributed by atoms with E-state index in [1.165, 1.54) is 38.6 Å². The molecule has 0 aliphatic carbocycles. The zero-order chi connectivity index (χ0) is 12.7. The molecule has 3 atom stereocenters. The second-order valence-electron chi connectivity index (χ2n) is 4.93. The summed E-state index contributed by atoms with van der Waals surface area (Å²) in [6.45, 7) is 10.3. The first-order chi connectivity index (χ1) is 8.19. The highest BCUT2D eigenvalue weighted by atomic mass is 16.7. The molecule has 0 N–H and O–H groups in total. The number of unbranched alkanes of at least 4 members (excludes halogenated alkanes) is 1. The molecule has 3 unspecified atom stereocenters. The van der Waals surface area contributed by atoms with Crippen LogP contribution in [-0.2, 0) is 9.47 Å². The zero-order valence-electron chi connectivity index (χ0n) is 11.9. The van der Waals surface area contributed by atoms with Gasteiger partial charge in [0, 0.05) is 19.2 Å². The molecule has 0 bridgehead atoms. The molecule has 0 aromatic rings. The van der Waals surface area contributed by atoms with Crippen LogP contribution in [-0.4, -0.2) is 36.6 Å². The smallest absolute Gasteiger partial charge is 0.156 e. The lowest BCUT2D eigenvalue weighted by Crippen LogP contribution is -2.40. The van der Waals surface area contributed by atoms with E-state index in [9.17, 15) is 0 Å². The van der Waals surface area contributed by atoms with Crippen LogP contribution in [0.5, 0.6) is 0 Å². The predicted molar refractivity (Wildman–Crippen MR) is 70.9 cm³/mol. The summed E-state index contributed by atoms with van der Waals surface area (Å²) in [5.41, 5.74) is 0. The van der Waals surface area contributed by atoms with Gasteiger partial charge in [0.2, 0.25) is 0 Å². The van der Waals surface area contributed by atoms with Crippen LogP contribution in [0.2, 0.25) is 0 Å². The highest BCUT2D eigenvalue weighted by molar-refractivity contribution is 4.80. The zero-order valence-corrected chi connectivity index (χ0v) is 11.9. The van der Waals surface area contributed by atoms with Crippen molar-refractivity contribution in [3.05, 3.63) is 0 Å². The highest BCUT2D eigenvalue weighted by Gasteiger charge is 2.29. The molecule has 1 fully saturated rings. The van der Waals surface area contributed by atoms with Crippen molar-refractivity contribution in [2.75, 3.05) is 13.2 Å². The Morgan fingerprint density at radius 1 is 1.29 bits per heavy atom. The van der Waals surface area contributed by atoms with Gasteiger partial charge in [-0.15, -0.1) is 0 Å². The van der Waals surface area contributed by atoms with Gasteiger partial charge >= 0.3 is 0 Å². The van der Waals surface area contributed by atoms with Crippen molar-refractivity contribution in [1.29, 1.82) is 0 Å². The van der Waals surface area contributed by atoms with Gasteiger partial charge in [-0.1, -0.05) is 19.8 Å². The number of hydrogen-bond acceptors (Lipinski definition) is 3. The normalized spacial score (nSPS) is 25.1. The summed E-state index contributed by atoms with van der Waals surface area (Å²) >= 11 is 0. The third-order valence-electron chi connectivity index (χ3n) is 3.57. The molecule has 1 heterocycles. The fourth-order valence-electron chi connectivity index (χ4n) is 2.72.